The molecule has 5 heteroatoms. The summed E-state index contributed by atoms with van der Waals surface area (Å²) >= 11 is 2.56. The van der Waals surface area contributed by atoms with Gasteiger partial charge in [-0.2, -0.15) is 0 Å². The van der Waals surface area contributed by atoms with Crippen molar-refractivity contribution in [2.24, 2.45) is 0 Å². The van der Waals surface area contributed by atoms with Gasteiger partial charge < -0.3 is 0 Å². The van der Waals surface area contributed by atoms with E-state index in [1.165, 1.54) is 0 Å². The van der Waals surface area contributed by atoms with E-state index in [1.807, 2.05) is 0 Å². The predicted molar refractivity (Wildman–Crippen MR) is 10.8 cm³/mol. The second-order valence-electron chi connectivity index (χ2n) is 0. The average molecular weight is 360 g/mol. The summed E-state index contributed by atoms with van der Waals surface area (Å²) in [6.07, 6.45) is 0. The van der Waals surface area contributed by atoms with E-state index in [0.717, 1.165) is 0 Å². The van der Waals surface area contributed by atoms with Crippen LogP contribution in [0.2, 0.25) is 0 Å². The molecule has 0 saturated carbocycles. The van der Waals surface area contributed by atoms with Crippen LogP contribution in [0, 0.1) is 35.6 Å². The Kier molecular flexibility index (Phi) is 119. The van der Waals surface area contributed by atoms with Gasteiger partial charge in [0, 0.05) is 52.7 Å². The minimum atomic E-state index is 0. The molecule has 0 fully saturated rings. The first-order valence-corrected chi connectivity index (χ1v) is 0.615. The monoisotopic (exact) mass is 361 g/mol. The first-order chi connectivity index (χ1) is 1.00. The normalized spacial score (nSPS) is 1.40. The molecule has 0 saturated heterocycles. The molecule has 0 aliphatic heterocycles. The Morgan fingerprint density at radius 1 is 1.20 bits per heavy atom. The van der Waals surface area contributed by atoms with Crippen molar-refractivity contribution in [2.75, 3.05) is 0 Å². The van der Waals surface area contributed by atoms with Crippen molar-refractivity contribution in [3.63, 3.8) is 0 Å². The quantitative estimate of drug-likeness (QED) is 0.523. The van der Waals surface area contributed by atoms with Gasteiger partial charge in [-0.25, -0.2) is 0 Å². The molecule has 1 N–H and O–H groups in total. The Labute approximate surface area is 115 Å². The molecule has 1 radical (unpaired) electrons. The van der Waals surface area contributed by atoms with E-state index in [4.69, 9.17) is 4.22 Å². The summed E-state index contributed by atoms with van der Waals surface area (Å²) in [5.41, 5.74) is 0. The number of hydrogen-bond acceptors (Lipinski definition) is 1. The van der Waals surface area contributed by atoms with Gasteiger partial charge in [-0.15, -0.1) is 0 Å². The van der Waals surface area contributed by atoms with Crippen LogP contribution in [0.5, 0.6) is 0 Å². The molecule has 0 spiro atoms. The molecule has 0 amide bonds. The molecule has 0 rings (SSSR count). The van der Waals surface area contributed by atoms with Crippen molar-refractivity contribution < 1.29 is 73.0 Å². The van der Waals surface area contributed by atoms with Gasteiger partial charge in [-0.1, -0.05) is 0 Å². The van der Waals surface area contributed by atoms with Crippen LogP contribution in [-0.4, -0.2) is 49.7 Å². The van der Waals surface area contributed by atoms with Crippen LogP contribution in [-0.2, 0) is 33.1 Å². The van der Waals surface area contributed by atoms with Crippen LogP contribution in [0.4, 0.5) is 0 Å². The van der Waals surface area contributed by atoms with Gasteiger partial charge in [0.25, 0.3) is 0 Å². The van der Waals surface area contributed by atoms with Crippen molar-refractivity contribution in [3.8, 4) is 0 Å². The van der Waals surface area contributed by atoms with Gasteiger partial charge in [-0.3, -0.25) is 0 Å². The van der Waals surface area contributed by atoms with Crippen LogP contribution < -0.4 is 0 Å². The molecule has 0 heterocycles. The molecular weight excluding hydrogens is 357 g/mol. The Balaban J connectivity index is -0.00000000167. The molecule has 0 atom stereocenters. The summed E-state index contributed by atoms with van der Waals surface area (Å²) in [7, 11) is 0. The van der Waals surface area contributed by atoms with E-state index in [2.05, 4.69) is 16.1 Å². The standard InChI is InChI=1S/Co.Fe.La.H2O.Sr.2H/h;;;1H2;;;/q+1;;;;;;/p-1. The van der Waals surface area contributed by atoms with Gasteiger partial charge in [0.15, 0.2) is 0 Å². The first-order valence-electron chi connectivity index (χ1n) is 0.149. The van der Waals surface area contributed by atoms with Gasteiger partial charge in [0.1, 0.15) is 0 Å². The molecule has 0 aliphatic rings. The zero-order valence-electron chi connectivity index (χ0n) is 1.71. The molecule has 0 unspecified atom stereocenters. The van der Waals surface area contributed by atoms with Gasteiger partial charge in [0.05, 0.1) is 0 Å². The first kappa shape index (κ1) is 23.4. The van der Waals surface area contributed by atoms with Crippen LogP contribution in [0.1, 0.15) is 0 Å². The molecule has 1 nitrogen and oxygen atoms in total. The molecular formula is H3CoFeLaOSr. The van der Waals surface area contributed by atoms with E-state index < -0.39 is 0 Å². The molecule has 5 heavy (non-hydrogen) atoms. The summed E-state index contributed by atoms with van der Waals surface area (Å²) in [5, 5.41) is 0. The SMILES string of the molecule is [Fe].[La].[OH][Co].[SrH2]. The topological polar surface area (TPSA) is 20.2 Å². The van der Waals surface area contributed by atoms with E-state index >= 15 is 0 Å². The maximum absolute atomic E-state index is 6.69. The molecule has 0 aromatic heterocycles. The predicted octanol–water partition coefficient (Wildman–Crippen LogP) is -1.48. The fourth-order valence-corrected chi connectivity index (χ4v) is 0. The molecule has 31 valence electrons. The fraction of sp³-hybridized carbons (Fsp3) is 0. The third-order valence-corrected chi connectivity index (χ3v) is 0. The Bertz CT molecular complexity index is 11.6. The summed E-state index contributed by atoms with van der Waals surface area (Å²) in [5.74, 6) is 0. The van der Waals surface area contributed by atoms with Crippen molar-refractivity contribution in [1.82, 2.24) is 0 Å². The maximum atomic E-state index is 6.69. The Morgan fingerprint density at radius 2 is 1.20 bits per heavy atom. The molecule has 0 aromatic carbocycles. The minimum absolute atomic E-state index is 0. The van der Waals surface area contributed by atoms with Crippen LogP contribution in [0.15, 0.2) is 0 Å². The van der Waals surface area contributed by atoms with Crippen molar-refractivity contribution in [2.45, 2.75) is 0 Å². The van der Waals surface area contributed by atoms with E-state index in [-0.39, 0.29) is 98.1 Å². The van der Waals surface area contributed by atoms with Crippen LogP contribution in [0.25, 0.3) is 0 Å². The number of rotatable bonds is 0. The van der Waals surface area contributed by atoms with Crippen LogP contribution >= 0.6 is 0 Å². The fourth-order valence-electron chi connectivity index (χ4n) is 0. The second kappa shape index (κ2) is 25.4. The van der Waals surface area contributed by atoms with Gasteiger partial charge in [-0.05, 0) is 0 Å². The molecule has 0 bridgehead atoms. The van der Waals surface area contributed by atoms with Gasteiger partial charge >= 0.3 is 65.8 Å². The average Bonchev–Trinajstić information content (AvgIpc) is 1.00. The summed E-state index contributed by atoms with van der Waals surface area (Å²) in [6.45, 7) is 0. The summed E-state index contributed by atoms with van der Waals surface area (Å²) < 4.78 is 6.69. The van der Waals surface area contributed by atoms with Crippen molar-refractivity contribution in [3.05, 3.63) is 0 Å². The molecule has 0 aliphatic carbocycles. The van der Waals surface area contributed by atoms with E-state index in [9.17, 15) is 0 Å². The molecule has 0 aromatic rings. The van der Waals surface area contributed by atoms with E-state index in [0.29, 0.717) is 0 Å². The zero-order chi connectivity index (χ0) is 2.00. The van der Waals surface area contributed by atoms with Crippen molar-refractivity contribution in [1.29, 1.82) is 0 Å². The Hall–Kier alpha value is 3.66. The zero-order valence-corrected chi connectivity index (χ0v) is 7.48. The summed E-state index contributed by atoms with van der Waals surface area (Å²) in [4.78, 5) is 0. The number of hydrogen-bond donors (Lipinski definition) is 1. The van der Waals surface area contributed by atoms with Gasteiger partial charge in [0.2, 0.25) is 0 Å². The third-order valence-electron chi connectivity index (χ3n) is 0. The summed E-state index contributed by atoms with van der Waals surface area (Å²) in [6, 6.07) is 0. The third kappa shape index (κ3) is 18.3. The van der Waals surface area contributed by atoms with Crippen LogP contribution in [0.3, 0.4) is 0 Å². The second-order valence-corrected chi connectivity index (χ2v) is 0. The van der Waals surface area contributed by atoms with Crippen molar-refractivity contribution >= 4 is 45.5 Å². The Morgan fingerprint density at radius 3 is 1.20 bits per heavy atom. The van der Waals surface area contributed by atoms with E-state index in [1.54, 1.807) is 0 Å².